The number of phenolic OH excluding ortho intramolecular Hbond substituents is 1. The first-order valence-electron chi connectivity index (χ1n) is 6.00. The molecule has 7 heteroatoms. The Hall–Kier alpha value is -1.07. The first kappa shape index (κ1) is 16.0. The monoisotopic (exact) mass is 289 g/mol. The molecule has 0 aromatic heterocycles. The van der Waals surface area contributed by atoms with Crippen LogP contribution in [0.5, 0.6) is 11.5 Å². The molecule has 0 heterocycles. The van der Waals surface area contributed by atoms with E-state index in [-0.39, 0.29) is 24.5 Å². The van der Waals surface area contributed by atoms with Crippen LogP contribution in [0.15, 0.2) is 18.2 Å². The summed E-state index contributed by atoms with van der Waals surface area (Å²) in [5.41, 5.74) is 6.19. The summed E-state index contributed by atoms with van der Waals surface area (Å²) in [5.74, 6) is -0.873. The number of aromatic hydroxyl groups is 1. The van der Waals surface area contributed by atoms with E-state index in [0.717, 1.165) is 0 Å². The molecular formula is C12H20NO5P. The van der Waals surface area contributed by atoms with Crippen LogP contribution in [-0.4, -0.2) is 25.4 Å². The molecule has 0 bridgehead atoms. The maximum atomic E-state index is 12.6. The highest BCUT2D eigenvalue weighted by Crippen LogP contribution is 2.60. The summed E-state index contributed by atoms with van der Waals surface area (Å²) < 4.78 is 28.1. The van der Waals surface area contributed by atoms with Crippen molar-refractivity contribution < 1.29 is 23.5 Å². The molecule has 0 spiro atoms. The SMILES string of the molecule is CCOP(=O)(OCC)[C@@H](N)c1c(O)cccc1OC. The standard InChI is InChI=1S/C12H20NO5P/c1-4-17-19(15,18-5-2)12(13)11-9(14)7-6-8-10(11)16-3/h6-8,12,14H,4-5,13H2,1-3H3/t12-/m1/s1. The lowest BCUT2D eigenvalue weighted by Gasteiger charge is -2.25. The Labute approximate surface area is 113 Å². The van der Waals surface area contributed by atoms with E-state index in [4.69, 9.17) is 19.5 Å². The molecular weight excluding hydrogens is 269 g/mol. The molecule has 0 radical (unpaired) electrons. The van der Waals surface area contributed by atoms with Gasteiger partial charge in [0.2, 0.25) is 0 Å². The highest BCUT2D eigenvalue weighted by molar-refractivity contribution is 7.54. The number of methoxy groups -OCH3 is 1. The maximum absolute atomic E-state index is 12.6. The molecule has 0 amide bonds. The van der Waals surface area contributed by atoms with Gasteiger partial charge in [0, 0.05) is 0 Å². The van der Waals surface area contributed by atoms with Crippen LogP contribution < -0.4 is 10.5 Å². The molecule has 1 aromatic rings. The minimum atomic E-state index is -3.56. The number of rotatable bonds is 7. The van der Waals surface area contributed by atoms with Crippen molar-refractivity contribution in [2.45, 2.75) is 19.6 Å². The van der Waals surface area contributed by atoms with E-state index < -0.39 is 13.4 Å². The van der Waals surface area contributed by atoms with E-state index in [1.807, 2.05) is 0 Å². The van der Waals surface area contributed by atoms with Gasteiger partial charge < -0.3 is 24.6 Å². The van der Waals surface area contributed by atoms with Gasteiger partial charge in [0.15, 0.2) is 0 Å². The molecule has 0 saturated carbocycles. The zero-order valence-corrected chi connectivity index (χ0v) is 12.2. The first-order chi connectivity index (χ1) is 9.00. The van der Waals surface area contributed by atoms with E-state index >= 15 is 0 Å². The summed E-state index contributed by atoms with van der Waals surface area (Å²) in [5, 5.41) is 9.90. The highest BCUT2D eigenvalue weighted by atomic mass is 31.2. The first-order valence-corrected chi connectivity index (χ1v) is 7.61. The molecule has 0 unspecified atom stereocenters. The van der Waals surface area contributed by atoms with Crippen LogP contribution in [-0.2, 0) is 13.6 Å². The van der Waals surface area contributed by atoms with Crippen molar-refractivity contribution in [1.29, 1.82) is 0 Å². The van der Waals surface area contributed by atoms with Crippen molar-refractivity contribution in [2.24, 2.45) is 5.73 Å². The lowest BCUT2D eigenvalue weighted by molar-refractivity contribution is 0.211. The summed E-state index contributed by atoms with van der Waals surface area (Å²) in [6.07, 6.45) is 0. The quantitative estimate of drug-likeness (QED) is 0.750. The van der Waals surface area contributed by atoms with Gasteiger partial charge >= 0.3 is 7.60 Å². The van der Waals surface area contributed by atoms with Crippen molar-refractivity contribution in [3.63, 3.8) is 0 Å². The summed E-state index contributed by atoms with van der Waals surface area (Å²) in [7, 11) is -2.12. The minimum Gasteiger partial charge on any atom is -0.507 e. The summed E-state index contributed by atoms with van der Waals surface area (Å²) >= 11 is 0. The third-order valence-corrected chi connectivity index (χ3v) is 4.69. The molecule has 0 saturated heterocycles. The second-order valence-corrected chi connectivity index (χ2v) is 5.87. The fourth-order valence-electron chi connectivity index (χ4n) is 1.72. The molecule has 0 aliphatic heterocycles. The topological polar surface area (TPSA) is 91.0 Å². The number of hydrogen-bond donors (Lipinski definition) is 2. The normalized spacial score (nSPS) is 13.3. The fourth-order valence-corrected chi connectivity index (χ4v) is 3.41. The van der Waals surface area contributed by atoms with E-state index in [0.29, 0.717) is 5.75 Å². The average Bonchev–Trinajstić information content (AvgIpc) is 2.38. The van der Waals surface area contributed by atoms with Gasteiger partial charge in [-0.05, 0) is 26.0 Å². The third kappa shape index (κ3) is 3.48. The van der Waals surface area contributed by atoms with Crippen molar-refractivity contribution in [1.82, 2.24) is 0 Å². The molecule has 0 fully saturated rings. The van der Waals surface area contributed by atoms with E-state index in [9.17, 15) is 9.67 Å². The maximum Gasteiger partial charge on any atom is 0.352 e. The van der Waals surface area contributed by atoms with Gasteiger partial charge in [-0.25, -0.2) is 0 Å². The molecule has 1 rings (SSSR count). The Morgan fingerprint density at radius 3 is 2.37 bits per heavy atom. The fraction of sp³-hybridized carbons (Fsp3) is 0.500. The number of ether oxygens (including phenoxy) is 1. The Morgan fingerprint density at radius 1 is 1.32 bits per heavy atom. The van der Waals surface area contributed by atoms with Gasteiger partial charge in [-0.1, -0.05) is 6.07 Å². The Bertz CT molecular complexity index is 455. The molecule has 1 aromatic carbocycles. The molecule has 1 atom stereocenters. The van der Waals surface area contributed by atoms with Crippen molar-refractivity contribution >= 4 is 7.60 Å². The number of hydrogen-bond acceptors (Lipinski definition) is 6. The number of phenols is 1. The lowest BCUT2D eigenvalue weighted by Crippen LogP contribution is -2.16. The van der Waals surface area contributed by atoms with Gasteiger partial charge in [0.25, 0.3) is 0 Å². The largest absolute Gasteiger partial charge is 0.507 e. The van der Waals surface area contributed by atoms with Crippen molar-refractivity contribution in [2.75, 3.05) is 20.3 Å². The van der Waals surface area contributed by atoms with Gasteiger partial charge in [0.05, 0.1) is 25.9 Å². The summed E-state index contributed by atoms with van der Waals surface area (Å²) in [4.78, 5) is 0. The van der Waals surface area contributed by atoms with Gasteiger partial charge in [-0.2, -0.15) is 0 Å². The second-order valence-electron chi connectivity index (χ2n) is 3.71. The molecule has 6 nitrogen and oxygen atoms in total. The van der Waals surface area contributed by atoms with Gasteiger partial charge in [-0.15, -0.1) is 0 Å². The van der Waals surface area contributed by atoms with Crippen molar-refractivity contribution in [3.05, 3.63) is 23.8 Å². The molecule has 0 aliphatic rings. The van der Waals surface area contributed by atoms with Crippen LogP contribution in [0.3, 0.4) is 0 Å². The van der Waals surface area contributed by atoms with Gasteiger partial charge in [0.1, 0.15) is 17.3 Å². The minimum absolute atomic E-state index is 0.105. The Balaban J connectivity index is 3.23. The van der Waals surface area contributed by atoms with Crippen molar-refractivity contribution in [3.8, 4) is 11.5 Å². The van der Waals surface area contributed by atoms with Crippen LogP contribution in [0.1, 0.15) is 25.2 Å². The highest BCUT2D eigenvalue weighted by Gasteiger charge is 2.37. The molecule has 3 N–H and O–H groups in total. The van der Waals surface area contributed by atoms with E-state index in [2.05, 4.69) is 0 Å². The van der Waals surface area contributed by atoms with Crippen LogP contribution in [0.4, 0.5) is 0 Å². The molecule has 108 valence electrons. The zero-order valence-electron chi connectivity index (χ0n) is 11.3. The van der Waals surface area contributed by atoms with E-state index in [1.165, 1.54) is 13.2 Å². The molecule has 19 heavy (non-hydrogen) atoms. The van der Waals surface area contributed by atoms with Gasteiger partial charge in [-0.3, -0.25) is 4.57 Å². The van der Waals surface area contributed by atoms with Crippen LogP contribution >= 0.6 is 7.60 Å². The second kappa shape index (κ2) is 6.91. The Morgan fingerprint density at radius 2 is 1.89 bits per heavy atom. The number of benzene rings is 1. The summed E-state index contributed by atoms with van der Waals surface area (Å²) in [6.45, 7) is 3.78. The predicted octanol–water partition coefficient (Wildman–Crippen LogP) is 2.62. The number of nitrogens with two attached hydrogens (primary N) is 1. The predicted molar refractivity (Wildman–Crippen MR) is 72.4 cm³/mol. The molecule has 0 aliphatic carbocycles. The Kier molecular flexibility index (Phi) is 5.82. The van der Waals surface area contributed by atoms with Crippen LogP contribution in [0, 0.1) is 0 Å². The van der Waals surface area contributed by atoms with Crippen LogP contribution in [0.2, 0.25) is 0 Å². The van der Waals surface area contributed by atoms with E-state index in [1.54, 1.807) is 26.0 Å². The summed E-state index contributed by atoms with van der Waals surface area (Å²) in [6, 6.07) is 4.67. The average molecular weight is 289 g/mol. The lowest BCUT2D eigenvalue weighted by atomic mass is 10.2. The smallest absolute Gasteiger partial charge is 0.352 e. The third-order valence-electron chi connectivity index (χ3n) is 2.52. The van der Waals surface area contributed by atoms with Crippen LogP contribution in [0.25, 0.3) is 0 Å². The zero-order chi connectivity index (χ0) is 14.5.